The molecule has 2 atom stereocenters. The van der Waals surface area contributed by atoms with Crippen LogP contribution in [-0.2, 0) is 32.6 Å². The van der Waals surface area contributed by atoms with Crippen molar-refractivity contribution in [1.29, 1.82) is 0 Å². The van der Waals surface area contributed by atoms with Crippen molar-refractivity contribution in [3.63, 3.8) is 0 Å². The molecule has 0 heterocycles. The molecule has 0 fully saturated rings. The smallest absolute Gasteiger partial charge is 0.264 e. The molecule has 1 N–H and O–H groups in total. The van der Waals surface area contributed by atoms with E-state index in [-0.39, 0.29) is 35.5 Å². The van der Waals surface area contributed by atoms with Crippen LogP contribution >= 0.6 is 23.2 Å². The highest BCUT2D eigenvalue weighted by Crippen LogP contribution is 2.31. The molecule has 0 bridgehead atoms. The molecule has 2 amide bonds. The molecule has 0 saturated carbocycles. The Balaban J connectivity index is 1.83. The topological polar surface area (TPSA) is 86.8 Å². The first-order valence-electron chi connectivity index (χ1n) is 14.7. The minimum Gasteiger partial charge on any atom is -0.352 e. The van der Waals surface area contributed by atoms with Crippen molar-refractivity contribution < 1.29 is 18.0 Å². The third-order valence-electron chi connectivity index (χ3n) is 7.66. The number of nitrogens with zero attached hydrogens (tertiary/aromatic N) is 2. The number of nitrogens with one attached hydrogen (secondary N) is 1. The van der Waals surface area contributed by atoms with Gasteiger partial charge in [0.25, 0.3) is 10.0 Å². The van der Waals surface area contributed by atoms with E-state index in [1.807, 2.05) is 44.2 Å². The molecule has 7 nitrogen and oxygen atoms in total. The number of carbonyl (C=O) groups excluding carboxylic acids is 2. The standard InChI is InChI=1S/C35H37Cl2N3O4S/c1-4-25(2)38-35(42)33(22-27-12-7-5-8-13-27)39(23-28-18-20-29(36)21-19-28)34(41)24-40(32-17-11-16-31(37)26(32)3)45(43,44)30-14-9-6-10-15-30/h5-21,25,33H,4,22-24H2,1-3H3,(H,38,42)/t25-,33+/m0/s1. The number of benzene rings is 4. The maximum Gasteiger partial charge on any atom is 0.264 e. The maximum absolute atomic E-state index is 14.5. The second kappa shape index (κ2) is 15.4. The van der Waals surface area contributed by atoms with Crippen molar-refractivity contribution in [2.24, 2.45) is 0 Å². The van der Waals surface area contributed by atoms with Crippen molar-refractivity contribution in [2.45, 2.75) is 57.1 Å². The summed E-state index contributed by atoms with van der Waals surface area (Å²) in [5, 5.41) is 3.93. The van der Waals surface area contributed by atoms with Gasteiger partial charge in [0.15, 0.2) is 0 Å². The van der Waals surface area contributed by atoms with E-state index in [1.165, 1.54) is 17.0 Å². The summed E-state index contributed by atoms with van der Waals surface area (Å²) in [6.45, 7) is 5.06. The average Bonchev–Trinajstić information content (AvgIpc) is 3.04. The number of halogens is 2. The Bertz CT molecular complexity index is 1700. The van der Waals surface area contributed by atoms with Crippen LogP contribution < -0.4 is 9.62 Å². The minimum absolute atomic E-state index is 0.0248. The number of sulfonamides is 1. The molecular formula is C35H37Cl2N3O4S. The molecule has 0 aromatic heterocycles. The van der Waals surface area contributed by atoms with Crippen LogP contribution in [0.4, 0.5) is 5.69 Å². The van der Waals surface area contributed by atoms with Crippen LogP contribution in [0.5, 0.6) is 0 Å². The first kappa shape index (κ1) is 34.0. The molecule has 0 spiro atoms. The number of hydrogen-bond acceptors (Lipinski definition) is 4. The Morgan fingerprint density at radius 2 is 1.44 bits per heavy atom. The maximum atomic E-state index is 14.5. The fourth-order valence-corrected chi connectivity index (χ4v) is 6.67. The second-order valence-electron chi connectivity index (χ2n) is 10.9. The van der Waals surface area contributed by atoms with Crippen LogP contribution in [0.1, 0.15) is 37.0 Å². The van der Waals surface area contributed by atoms with Gasteiger partial charge in [0.05, 0.1) is 10.6 Å². The van der Waals surface area contributed by atoms with Gasteiger partial charge in [-0.05, 0) is 73.4 Å². The first-order valence-corrected chi connectivity index (χ1v) is 16.9. The molecule has 4 aromatic rings. The van der Waals surface area contributed by atoms with Gasteiger partial charge >= 0.3 is 0 Å². The molecule has 45 heavy (non-hydrogen) atoms. The van der Waals surface area contributed by atoms with Gasteiger partial charge in [-0.2, -0.15) is 0 Å². The van der Waals surface area contributed by atoms with E-state index >= 15 is 0 Å². The van der Waals surface area contributed by atoms with Crippen LogP contribution in [0.3, 0.4) is 0 Å². The van der Waals surface area contributed by atoms with Crippen molar-refractivity contribution in [3.05, 3.63) is 130 Å². The first-order chi connectivity index (χ1) is 21.5. The lowest BCUT2D eigenvalue weighted by atomic mass is 10.0. The fourth-order valence-electron chi connectivity index (χ4n) is 4.88. The summed E-state index contributed by atoms with van der Waals surface area (Å²) in [5.41, 5.74) is 2.37. The molecule has 0 aliphatic carbocycles. The molecule has 0 unspecified atom stereocenters. The van der Waals surface area contributed by atoms with Gasteiger partial charge in [-0.15, -0.1) is 0 Å². The largest absolute Gasteiger partial charge is 0.352 e. The third kappa shape index (κ3) is 8.66. The van der Waals surface area contributed by atoms with Crippen molar-refractivity contribution in [1.82, 2.24) is 10.2 Å². The summed E-state index contributed by atoms with van der Waals surface area (Å²) in [7, 11) is -4.22. The quantitative estimate of drug-likeness (QED) is 0.166. The van der Waals surface area contributed by atoms with E-state index in [0.717, 1.165) is 15.4 Å². The van der Waals surface area contributed by atoms with Crippen molar-refractivity contribution >= 4 is 50.7 Å². The van der Waals surface area contributed by atoms with Gasteiger partial charge in [-0.25, -0.2) is 8.42 Å². The van der Waals surface area contributed by atoms with Crippen LogP contribution in [0.2, 0.25) is 10.0 Å². The Morgan fingerprint density at radius 1 is 0.822 bits per heavy atom. The van der Waals surface area contributed by atoms with Crippen LogP contribution in [0, 0.1) is 6.92 Å². The van der Waals surface area contributed by atoms with Gasteiger partial charge in [-0.3, -0.25) is 13.9 Å². The van der Waals surface area contributed by atoms with E-state index in [1.54, 1.807) is 67.6 Å². The zero-order valence-electron chi connectivity index (χ0n) is 25.5. The molecule has 0 radical (unpaired) electrons. The van der Waals surface area contributed by atoms with Crippen LogP contribution in [0.15, 0.2) is 108 Å². The molecular weight excluding hydrogens is 629 g/mol. The normalized spacial score (nSPS) is 12.6. The zero-order chi connectivity index (χ0) is 32.6. The monoisotopic (exact) mass is 665 g/mol. The summed E-state index contributed by atoms with van der Waals surface area (Å²) in [6.07, 6.45) is 0.927. The summed E-state index contributed by atoms with van der Waals surface area (Å²) in [5.74, 6) is -0.879. The van der Waals surface area contributed by atoms with E-state index in [4.69, 9.17) is 23.2 Å². The van der Waals surface area contributed by atoms with E-state index in [2.05, 4.69) is 5.32 Å². The third-order valence-corrected chi connectivity index (χ3v) is 10.1. The van der Waals surface area contributed by atoms with Crippen LogP contribution in [0.25, 0.3) is 0 Å². The van der Waals surface area contributed by atoms with Gasteiger partial charge in [0, 0.05) is 29.1 Å². The summed E-state index contributed by atoms with van der Waals surface area (Å²) < 4.78 is 29.4. The highest BCUT2D eigenvalue weighted by atomic mass is 35.5. The lowest BCUT2D eigenvalue weighted by molar-refractivity contribution is -0.140. The van der Waals surface area contributed by atoms with Crippen LogP contribution in [-0.4, -0.2) is 43.8 Å². The van der Waals surface area contributed by atoms with Crippen molar-refractivity contribution in [3.8, 4) is 0 Å². The zero-order valence-corrected chi connectivity index (χ0v) is 27.8. The molecule has 10 heteroatoms. The highest BCUT2D eigenvalue weighted by molar-refractivity contribution is 7.92. The minimum atomic E-state index is -4.22. The lowest BCUT2D eigenvalue weighted by Gasteiger charge is -2.34. The molecule has 0 aliphatic heterocycles. The highest BCUT2D eigenvalue weighted by Gasteiger charge is 2.35. The SMILES string of the molecule is CC[C@H](C)NC(=O)[C@@H](Cc1ccccc1)N(Cc1ccc(Cl)cc1)C(=O)CN(c1cccc(Cl)c1C)S(=O)(=O)c1ccccc1. The number of amides is 2. The second-order valence-corrected chi connectivity index (χ2v) is 13.6. The van der Waals surface area contributed by atoms with Crippen molar-refractivity contribution in [2.75, 3.05) is 10.8 Å². The van der Waals surface area contributed by atoms with E-state index in [9.17, 15) is 18.0 Å². The lowest BCUT2D eigenvalue weighted by Crippen LogP contribution is -2.54. The summed E-state index contributed by atoms with van der Waals surface area (Å²) in [6, 6.07) is 28.2. The Kier molecular flexibility index (Phi) is 11.7. The predicted molar refractivity (Wildman–Crippen MR) is 181 cm³/mol. The fraction of sp³-hybridized carbons (Fsp3) is 0.257. The van der Waals surface area contributed by atoms with Gasteiger partial charge in [-0.1, -0.05) is 96.9 Å². The van der Waals surface area contributed by atoms with Gasteiger partial charge < -0.3 is 10.2 Å². The average molecular weight is 667 g/mol. The van der Waals surface area contributed by atoms with Gasteiger partial charge in [0.1, 0.15) is 12.6 Å². The molecule has 0 aliphatic rings. The number of carbonyl (C=O) groups is 2. The van der Waals surface area contributed by atoms with E-state index in [0.29, 0.717) is 22.0 Å². The Hall–Kier alpha value is -3.85. The summed E-state index contributed by atoms with van der Waals surface area (Å²) >= 11 is 12.6. The Morgan fingerprint density at radius 3 is 2.07 bits per heavy atom. The van der Waals surface area contributed by atoms with E-state index < -0.39 is 28.5 Å². The Labute approximate surface area is 275 Å². The molecule has 0 saturated heterocycles. The molecule has 236 valence electrons. The van der Waals surface area contributed by atoms with Gasteiger partial charge in [0.2, 0.25) is 11.8 Å². The summed E-state index contributed by atoms with van der Waals surface area (Å²) in [4.78, 5) is 29.9. The molecule has 4 aromatic carbocycles. The number of anilines is 1. The number of rotatable bonds is 13. The number of hydrogen-bond donors (Lipinski definition) is 1. The predicted octanol–water partition coefficient (Wildman–Crippen LogP) is 7.05. The molecule has 4 rings (SSSR count).